The molecule has 1 N–H and O–H groups in total. The molecular formula is C12H16FN. The summed E-state index contributed by atoms with van der Waals surface area (Å²) in [6.07, 6.45) is 0.988. The predicted molar refractivity (Wildman–Crippen MR) is 55.7 cm³/mol. The van der Waals surface area contributed by atoms with Gasteiger partial charge in [0.1, 0.15) is 5.82 Å². The van der Waals surface area contributed by atoms with E-state index in [0.29, 0.717) is 12.0 Å². The molecule has 2 rings (SSSR count). The Morgan fingerprint density at radius 2 is 2.29 bits per heavy atom. The van der Waals surface area contributed by atoms with Gasteiger partial charge in [0.15, 0.2) is 0 Å². The van der Waals surface area contributed by atoms with Crippen LogP contribution in [0.4, 0.5) is 4.39 Å². The van der Waals surface area contributed by atoms with Gasteiger partial charge >= 0.3 is 0 Å². The summed E-state index contributed by atoms with van der Waals surface area (Å²) in [5.74, 6) is 0.280. The maximum absolute atomic E-state index is 13.7. The third kappa shape index (κ3) is 1.44. The van der Waals surface area contributed by atoms with Gasteiger partial charge in [-0.3, -0.25) is 0 Å². The van der Waals surface area contributed by atoms with Gasteiger partial charge in [-0.2, -0.15) is 0 Å². The van der Waals surface area contributed by atoms with Crippen LogP contribution in [0.2, 0.25) is 0 Å². The molecule has 2 atom stereocenters. The zero-order chi connectivity index (χ0) is 10.1. The number of rotatable bonds is 1. The highest BCUT2D eigenvalue weighted by Gasteiger charge is 2.26. The second kappa shape index (κ2) is 3.70. The van der Waals surface area contributed by atoms with Gasteiger partial charge in [0.25, 0.3) is 0 Å². The maximum Gasteiger partial charge on any atom is 0.127 e. The van der Waals surface area contributed by atoms with E-state index < -0.39 is 0 Å². The molecule has 1 aromatic carbocycles. The molecule has 0 saturated heterocycles. The van der Waals surface area contributed by atoms with E-state index in [1.807, 2.05) is 6.07 Å². The minimum Gasteiger partial charge on any atom is -0.310 e. The Morgan fingerprint density at radius 3 is 3.00 bits per heavy atom. The number of hydrogen-bond donors (Lipinski definition) is 1. The van der Waals surface area contributed by atoms with E-state index in [-0.39, 0.29) is 5.82 Å². The van der Waals surface area contributed by atoms with Crippen molar-refractivity contribution in [2.45, 2.75) is 38.8 Å². The fourth-order valence-corrected chi connectivity index (χ4v) is 2.37. The monoisotopic (exact) mass is 193 g/mol. The highest BCUT2D eigenvalue weighted by atomic mass is 19.1. The Bertz CT molecular complexity index is 335. The molecule has 1 nitrogen and oxygen atoms in total. The van der Waals surface area contributed by atoms with Crippen molar-refractivity contribution in [3.05, 3.63) is 35.1 Å². The smallest absolute Gasteiger partial charge is 0.127 e. The van der Waals surface area contributed by atoms with E-state index in [1.54, 1.807) is 12.1 Å². The summed E-state index contributed by atoms with van der Waals surface area (Å²) >= 11 is 0. The largest absolute Gasteiger partial charge is 0.310 e. The third-order valence-corrected chi connectivity index (χ3v) is 3.17. The number of benzene rings is 1. The Morgan fingerprint density at radius 1 is 1.50 bits per heavy atom. The van der Waals surface area contributed by atoms with Crippen LogP contribution in [-0.4, -0.2) is 6.04 Å². The number of halogens is 1. The Labute approximate surface area is 84.3 Å². The fourth-order valence-electron chi connectivity index (χ4n) is 2.37. The van der Waals surface area contributed by atoms with Gasteiger partial charge in [0.05, 0.1) is 0 Å². The Kier molecular flexibility index (Phi) is 2.55. The summed E-state index contributed by atoms with van der Waals surface area (Å²) in [7, 11) is 0. The second-order valence-corrected chi connectivity index (χ2v) is 4.00. The average Bonchev–Trinajstić information content (AvgIpc) is 2.19. The second-order valence-electron chi connectivity index (χ2n) is 4.00. The molecule has 1 aliphatic heterocycles. The molecule has 2 unspecified atom stereocenters. The molecule has 1 heterocycles. The summed E-state index contributed by atoms with van der Waals surface area (Å²) in [5.41, 5.74) is 2.05. The van der Waals surface area contributed by atoms with Crippen LogP contribution in [0.1, 0.15) is 37.3 Å². The van der Waals surface area contributed by atoms with E-state index in [4.69, 9.17) is 0 Å². The van der Waals surface area contributed by atoms with E-state index in [9.17, 15) is 4.39 Å². The number of nitrogens with one attached hydrogen (secondary N) is 1. The minimum absolute atomic E-state index is 0.0392. The first-order chi connectivity index (χ1) is 6.74. The van der Waals surface area contributed by atoms with Gasteiger partial charge in [-0.15, -0.1) is 0 Å². The van der Waals surface area contributed by atoms with Crippen LogP contribution in [0.15, 0.2) is 18.2 Å². The highest BCUT2D eigenvalue weighted by Crippen LogP contribution is 2.32. The molecular weight excluding hydrogens is 177 g/mol. The highest BCUT2D eigenvalue weighted by molar-refractivity contribution is 5.35. The molecule has 76 valence electrons. The molecule has 1 aromatic rings. The lowest BCUT2D eigenvalue weighted by Gasteiger charge is -2.32. The Hall–Kier alpha value is -0.890. The molecule has 0 spiro atoms. The van der Waals surface area contributed by atoms with Crippen molar-refractivity contribution in [1.82, 2.24) is 5.32 Å². The lowest BCUT2D eigenvalue weighted by Crippen LogP contribution is -2.37. The quantitative estimate of drug-likeness (QED) is 0.723. The average molecular weight is 193 g/mol. The lowest BCUT2D eigenvalue weighted by molar-refractivity contribution is 0.402. The fraction of sp³-hybridized carbons (Fsp3) is 0.500. The molecule has 1 aliphatic rings. The zero-order valence-electron chi connectivity index (χ0n) is 8.68. The molecule has 0 aliphatic carbocycles. The van der Waals surface area contributed by atoms with Gasteiger partial charge < -0.3 is 5.32 Å². The van der Waals surface area contributed by atoms with Crippen LogP contribution in [-0.2, 0) is 6.54 Å². The van der Waals surface area contributed by atoms with Crippen molar-refractivity contribution in [3.63, 3.8) is 0 Å². The van der Waals surface area contributed by atoms with Crippen molar-refractivity contribution < 1.29 is 4.39 Å². The van der Waals surface area contributed by atoms with Crippen molar-refractivity contribution in [2.75, 3.05) is 0 Å². The molecule has 0 aromatic heterocycles. The molecule has 0 amide bonds. The standard InChI is InChI=1S/C12H16FN/c1-3-10-8(2)14-7-9-5-4-6-11(13)12(9)10/h4-6,8,10,14H,3,7H2,1-2H3. The van der Waals surface area contributed by atoms with Crippen LogP contribution in [0.3, 0.4) is 0 Å². The van der Waals surface area contributed by atoms with Crippen LogP contribution < -0.4 is 5.32 Å². The van der Waals surface area contributed by atoms with Crippen LogP contribution in [0, 0.1) is 5.82 Å². The van der Waals surface area contributed by atoms with Crippen LogP contribution >= 0.6 is 0 Å². The normalized spacial score (nSPS) is 25.9. The molecule has 2 heteroatoms. The molecule has 0 radical (unpaired) electrons. The molecule has 0 bridgehead atoms. The van der Waals surface area contributed by atoms with Crippen molar-refractivity contribution in [2.24, 2.45) is 0 Å². The van der Waals surface area contributed by atoms with E-state index in [1.165, 1.54) is 0 Å². The first kappa shape index (κ1) is 9.66. The predicted octanol–water partition coefficient (Wildman–Crippen LogP) is 2.81. The van der Waals surface area contributed by atoms with Gasteiger partial charge in [0, 0.05) is 18.5 Å². The summed E-state index contributed by atoms with van der Waals surface area (Å²) in [4.78, 5) is 0. The summed E-state index contributed by atoms with van der Waals surface area (Å²) in [6, 6.07) is 5.75. The zero-order valence-corrected chi connectivity index (χ0v) is 8.68. The minimum atomic E-state index is -0.0392. The number of fused-ring (bicyclic) bond motifs is 1. The van der Waals surface area contributed by atoms with Crippen molar-refractivity contribution >= 4 is 0 Å². The van der Waals surface area contributed by atoms with Crippen LogP contribution in [0.5, 0.6) is 0 Å². The summed E-state index contributed by atoms with van der Waals surface area (Å²) in [6.45, 7) is 5.04. The van der Waals surface area contributed by atoms with E-state index >= 15 is 0 Å². The maximum atomic E-state index is 13.7. The summed E-state index contributed by atoms with van der Waals surface area (Å²) in [5, 5.41) is 3.40. The molecule has 0 fully saturated rings. The number of hydrogen-bond acceptors (Lipinski definition) is 1. The SMILES string of the molecule is CCC1c2c(F)cccc2CNC1C. The third-order valence-electron chi connectivity index (χ3n) is 3.17. The first-order valence-corrected chi connectivity index (χ1v) is 5.24. The molecule has 14 heavy (non-hydrogen) atoms. The van der Waals surface area contributed by atoms with Crippen molar-refractivity contribution in [1.29, 1.82) is 0 Å². The first-order valence-electron chi connectivity index (χ1n) is 5.24. The molecule has 0 saturated carbocycles. The van der Waals surface area contributed by atoms with Gasteiger partial charge in [0.2, 0.25) is 0 Å². The topological polar surface area (TPSA) is 12.0 Å². The van der Waals surface area contributed by atoms with Crippen molar-refractivity contribution in [3.8, 4) is 0 Å². The van der Waals surface area contributed by atoms with Gasteiger partial charge in [-0.05, 0) is 30.5 Å². The van der Waals surface area contributed by atoms with Gasteiger partial charge in [-0.25, -0.2) is 4.39 Å². The lowest BCUT2D eigenvalue weighted by atomic mass is 9.83. The Balaban J connectivity index is 2.49. The summed E-state index contributed by atoms with van der Waals surface area (Å²) < 4.78 is 13.7. The van der Waals surface area contributed by atoms with Gasteiger partial charge in [-0.1, -0.05) is 19.1 Å². The van der Waals surface area contributed by atoms with E-state index in [0.717, 1.165) is 24.1 Å². The van der Waals surface area contributed by atoms with E-state index in [2.05, 4.69) is 19.2 Å². The van der Waals surface area contributed by atoms with Crippen LogP contribution in [0.25, 0.3) is 0 Å².